The van der Waals surface area contributed by atoms with Gasteiger partial charge in [-0.05, 0) is 55.2 Å². The third kappa shape index (κ3) is 2.82. The molecule has 0 spiro atoms. The second-order valence-electron chi connectivity index (χ2n) is 6.15. The Bertz CT molecular complexity index is 798. The molecule has 1 saturated heterocycles. The Morgan fingerprint density at radius 1 is 1.08 bits per heavy atom. The first kappa shape index (κ1) is 15.0. The van der Waals surface area contributed by atoms with Crippen molar-refractivity contribution in [3.05, 3.63) is 47.3 Å². The van der Waals surface area contributed by atoms with Crippen LogP contribution in [0.5, 0.6) is 11.5 Å². The lowest BCUT2D eigenvalue weighted by molar-refractivity contribution is 0.174. The van der Waals surface area contributed by atoms with E-state index in [1.54, 1.807) is 12.3 Å². The number of aryl methyl sites for hydroxylation is 1. The molecule has 5 heteroatoms. The zero-order valence-corrected chi connectivity index (χ0v) is 13.6. The number of rotatable bonds is 3. The Hall–Kier alpha value is -2.56. The molecular formula is C19H19FN2O2. The van der Waals surface area contributed by atoms with E-state index in [1.807, 2.05) is 31.2 Å². The SMILES string of the molecule is Cc1cc(N2CCCC2)c(F)cc1C=Nc1ccc2c(c1)OCO2. The summed E-state index contributed by atoms with van der Waals surface area (Å²) >= 11 is 0. The maximum atomic E-state index is 14.4. The van der Waals surface area contributed by atoms with E-state index in [9.17, 15) is 4.39 Å². The van der Waals surface area contributed by atoms with Crippen LogP contribution in [0.4, 0.5) is 15.8 Å². The Kier molecular flexibility index (Phi) is 3.84. The monoisotopic (exact) mass is 326 g/mol. The van der Waals surface area contributed by atoms with Gasteiger partial charge < -0.3 is 14.4 Å². The van der Waals surface area contributed by atoms with Gasteiger partial charge in [-0.1, -0.05) is 0 Å². The van der Waals surface area contributed by atoms with Crippen LogP contribution in [0, 0.1) is 12.7 Å². The summed E-state index contributed by atoms with van der Waals surface area (Å²) in [5.41, 5.74) is 3.25. The van der Waals surface area contributed by atoms with Crippen molar-refractivity contribution >= 4 is 17.6 Å². The number of fused-ring (bicyclic) bond motifs is 1. The highest BCUT2D eigenvalue weighted by atomic mass is 19.1. The van der Waals surface area contributed by atoms with E-state index in [-0.39, 0.29) is 12.6 Å². The number of hydrogen-bond acceptors (Lipinski definition) is 4. The molecule has 0 unspecified atom stereocenters. The average molecular weight is 326 g/mol. The molecule has 2 aliphatic heterocycles. The van der Waals surface area contributed by atoms with E-state index in [0.29, 0.717) is 11.4 Å². The van der Waals surface area contributed by atoms with Crippen LogP contribution < -0.4 is 14.4 Å². The largest absolute Gasteiger partial charge is 0.454 e. The molecule has 124 valence electrons. The molecular weight excluding hydrogens is 307 g/mol. The summed E-state index contributed by atoms with van der Waals surface area (Å²) in [4.78, 5) is 6.55. The second-order valence-corrected chi connectivity index (χ2v) is 6.15. The standard InChI is InChI=1S/C19H19FN2O2/c1-13-8-17(22-6-2-3-7-22)16(20)9-14(13)11-21-15-4-5-18-19(10-15)24-12-23-18/h4-5,8-11H,2-3,6-7,12H2,1H3. The molecule has 2 heterocycles. The van der Waals surface area contributed by atoms with Crippen LogP contribution in [0.1, 0.15) is 24.0 Å². The fourth-order valence-corrected chi connectivity index (χ4v) is 3.13. The lowest BCUT2D eigenvalue weighted by atomic mass is 10.1. The van der Waals surface area contributed by atoms with Crippen molar-refractivity contribution in [2.75, 3.05) is 24.8 Å². The van der Waals surface area contributed by atoms with Gasteiger partial charge in [-0.2, -0.15) is 0 Å². The summed E-state index contributed by atoms with van der Waals surface area (Å²) in [5, 5.41) is 0. The highest BCUT2D eigenvalue weighted by Gasteiger charge is 2.17. The highest BCUT2D eigenvalue weighted by Crippen LogP contribution is 2.35. The topological polar surface area (TPSA) is 34.1 Å². The molecule has 0 N–H and O–H groups in total. The smallest absolute Gasteiger partial charge is 0.231 e. The lowest BCUT2D eigenvalue weighted by Gasteiger charge is -2.19. The Morgan fingerprint density at radius 3 is 2.71 bits per heavy atom. The van der Waals surface area contributed by atoms with Gasteiger partial charge in [0.2, 0.25) is 6.79 Å². The summed E-state index contributed by atoms with van der Waals surface area (Å²) in [6.45, 7) is 4.09. The number of anilines is 1. The van der Waals surface area contributed by atoms with Crippen LogP contribution in [0.25, 0.3) is 0 Å². The zero-order valence-electron chi connectivity index (χ0n) is 13.6. The predicted octanol–water partition coefficient (Wildman–Crippen LogP) is 4.21. The van der Waals surface area contributed by atoms with E-state index in [4.69, 9.17) is 9.47 Å². The van der Waals surface area contributed by atoms with Gasteiger partial charge in [0.15, 0.2) is 11.5 Å². The van der Waals surface area contributed by atoms with Gasteiger partial charge in [0.1, 0.15) is 5.82 Å². The minimum Gasteiger partial charge on any atom is -0.454 e. The van der Waals surface area contributed by atoms with Crippen LogP contribution in [-0.2, 0) is 0 Å². The fourth-order valence-electron chi connectivity index (χ4n) is 3.13. The first-order chi connectivity index (χ1) is 11.7. The number of nitrogens with zero attached hydrogens (tertiary/aromatic N) is 2. The Balaban J connectivity index is 1.59. The molecule has 2 aromatic rings. The molecule has 1 fully saturated rings. The normalized spacial score (nSPS) is 16.3. The average Bonchev–Trinajstić information content (AvgIpc) is 3.26. The van der Waals surface area contributed by atoms with Crippen molar-refractivity contribution in [2.24, 2.45) is 4.99 Å². The quantitative estimate of drug-likeness (QED) is 0.792. The third-order valence-electron chi connectivity index (χ3n) is 4.49. The number of aliphatic imine (C=N–C) groups is 1. The van der Waals surface area contributed by atoms with Crippen molar-refractivity contribution in [3.63, 3.8) is 0 Å². The third-order valence-corrected chi connectivity index (χ3v) is 4.49. The number of halogens is 1. The molecule has 0 saturated carbocycles. The van der Waals surface area contributed by atoms with E-state index >= 15 is 0 Å². The van der Waals surface area contributed by atoms with E-state index < -0.39 is 0 Å². The molecule has 0 amide bonds. The van der Waals surface area contributed by atoms with Gasteiger partial charge in [-0.3, -0.25) is 4.99 Å². The molecule has 4 rings (SSSR count). The number of ether oxygens (including phenoxy) is 2. The van der Waals surface area contributed by atoms with Crippen molar-refractivity contribution in [1.82, 2.24) is 0 Å². The van der Waals surface area contributed by atoms with Crippen molar-refractivity contribution in [2.45, 2.75) is 19.8 Å². The molecule has 0 atom stereocenters. The summed E-state index contributed by atoms with van der Waals surface area (Å²) in [7, 11) is 0. The van der Waals surface area contributed by atoms with Crippen LogP contribution in [-0.4, -0.2) is 26.1 Å². The van der Waals surface area contributed by atoms with Crippen molar-refractivity contribution < 1.29 is 13.9 Å². The van der Waals surface area contributed by atoms with Gasteiger partial charge in [-0.15, -0.1) is 0 Å². The van der Waals surface area contributed by atoms with Crippen LogP contribution in [0.15, 0.2) is 35.3 Å². The first-order valence-electron chi connectivity index (χ1n) is 8.19. The summed E-state index contributed by atoms with van der Waals surface area (Å²) in [6.07, 6.45) is 3.96. The summed E-state index contributed by atoms with van der Waals surface area (Å²) in [5.74, 6) is 1.23. The molecule has 2 aromatic carbocycles. The molecule has 4 nitrogen and oxygen atoms in total. The summed E-state index contributed by atoms with van der Waals surface area (Å²) < 4.78 is 25.1. The maximum Gasteiger partial charge on any atom is 0.231 e. The zero-order chi connectivity index (χ0) is 16.5. The van der Waals surface area contributed by atoms with E-state index in [1.165, 1.54) is 0 Å². The predicted molar refractivity (Wildman–Crippen MR) is 92.4 cm³/mol. The fraction of sp³-hybridized carbons (Fsp3) is 0.316. The van der Waals surface area contributed by atoms with Crippen molar-refractivity contribution in [3.8, 4) is 11.5 Å². The minimum atomic E-state index is -0.186. The van der Waals surface area contributed by atoms with Gasteiger partial charge >= 0.3 is 0 Å². The molecule has 0 aromatic heterocycles. The Morgan fingerprint density at radius 2 is 1.88 bits per heavy atom. The molecule has 24 heavy (non-hydrogen) atoms. The maximum absolute atomic E-state index is 14.4. The molecule has 0 bridgehead atoms. The van der Waals surface area contributed by atoms with Gasteiger partial charge in [0.25, 0.3) is 0 Å². The molecule has 2 aliphatic rings. The molecule has 0 aliphatic carbocycles. The van der Waals surface area contributed by atoms with E-state index in [2.05, 4.69) is 9.89 Å². The highest BCUT2D eigenvalue weighted by molar-refractivity contribution is 5.85. The first-order valence-corrected chi connectivity index (χ1v) is 8.19. The lowest BCUT2D eigenvalue weighted by Crippen LogP contribution is -2.19. The summed E-state index contributed by atoms with van der Waals surface area (Å²) in [6, 6.07) is 9.00. The van der Waals surface area contributed by atoms with Crippen LogP contribution in [0.3, 0.4) is 0 Å². The van der Waals surface area contributed by atoms with Gasteiger partial charge in [0, 0.05) is 25.4 Å². The number of benzene rings is 2. The molecule has 0 radical (unpaired) electrons. The van der Waals surface area contributed by atoms with E-state index in [0.717, 1.165) is 48.5 Å². The van der Waals surface area contributed by atoms with Gasteiger partial charge in [0.05, 0.1) is 11.4 Å². The van der Waals surface area contributed by atoms with Crippen molar-refractivity contribution in [1.29, 1.82) is 0 Å². The van der Waals surface area contributed by atoms with Crippen LogP contribution >= 0.6 is 0 Å². The second kappa shape index (κ2) is 6.15. The van der Waals surface area contributed by atoms with Crippen LogP contribution in [0.2, 0.25) is 0 Å². The van der Waals surface area contributed by atoms with Gasteiger partial charge in [-0.25, -0.2) is 4.39 Å². The Labute approximate surface area is 140 Å². The number of hydrogen-bond donors (Lipinski definition) is 0. The minimum absolute atomic E-state index is 0.186.